The SMILES string of the molecule is CCN1CCN(C(=O)NC(C(=O)C[C@@H](Cc2cccc(C(=O)O)c2OC)B2O[C@@H]3C[C@@H]4C[C@@H](C4(C)C)[C@]3(C)O2)c2csc(CCCNC(=O)OC(C)(C)C)n2)C(=O)C1=O. The summed E-state index contributed by atoms with van der Waals surface area (Å²) >= 11 is 1.28. The number of likely N-dealkylation sites (N-methyl/N-ethyl adjacent to an activating group) is 1. The van der Waals surface area contributed by atoms with Crippen LogP contribution in [0.5, 0.6) is 5.75 Å². The van der Waals surface area contributed by atoms with Gasteiger partial charge in [-0.15, -0.1) is 11.3 Å². The van der Waals surface area contributed by atoms with Crippen LogP contribution in [0.1, 0.15) is 107 Å². The fourth-order valence-electron chi connectivity index (χ4n) is 9.19. The Kier molecular flexibility index (Phi) is 12.8. The van der Waals surface area contributed by atoms with Crippen molar-refractivity contribution in [1.82, 2.24) is 25.4 Å². The number of aromatic nitrogens is 1. The fraction of sp³-hybridized carbons (Fsp3) is 0.634. The topological polar surface area (TPSA) is 203 Å². The van der Waals surface area contributed by atoms with Crippen LogP contribution in [0.25, 0.3) is 0 Å². The van der Waals surface area contributed by atoms with E-state index in [0.717, 1.165) is 17.7 Å². The van der Waals surface area contributed by atoms with Gasteiger partial charge in [0.1, 0.15) is 23.0 Å². The summed E-state index contributed by atoms with van der Waals surface area (Å²) in [7, 11) is 0.535. The Morgan fingerprint density at radius 2 is 1.86 bits per heavy atom. The molecule has 7 rings (SSSR count). The van der Waals surface area contributed by atoms with Crippen molar-refractivity contribution in [3.05, 3.63) is 45.4 Å². The lowest BCUT2D eigenvalue weighted by Crippen LogP contribution is -2.65. The van der Waals surface area contributed by atoms with E-state index in [1.807, 2.05) is 0 Å². The van der Waals surface area contributed by atoms with E-state index in [0.29, 0.717) is 42.4 Å². The summed E-state index contributed by atoms with van der Waals surface area (Å²) in [6.07, 6.45) is 1.99. The van der Waals surface area contributed by atoms with Gasteiger partial charge in [-0.05, 0) is 89.2 Å². The Morgan fingerprint density at radius 1 is 1.12 bits per heavy atom. The second-order valence-corrected chi connectivity index (χ2v) is 18.6. The van der Waals surface area contributed by atoms with E-state index in [-0.39, 0.29) is 60.4 Å². The van der Waals surface area contributed by atoms with E-state index >= 15 is 0 Å². The highest BCUT2D eigenvalue weighted by Gasteiger charge is 2.68. The molecule has 5 amide bonds. The molecule has 1 unspecified atom stereocenters. The molecule has 3 N–H and O–H groups in total. The van der Waals surface area contributed by atoms with E-state index < -0.39 is 65.9 Å². The largest absolute Gasteiger partial charge is 0.496 e. The van der Waals surface area contributed by atoms with Crippen LogP contribution in [0.15, 0.2) is 23.6 Å². The van der Waals surface area contributed by atoms with Crippen molar-refractivity contribution in [3.8, 4) is 5.75 Å². The van der Waals surface area contributed by atoms with Crippen LogP contribution in [0.2, 0.25) is 5.82 Å². The van der Waals surface area contributed by atoms with Gasteiger partial charge >= 0.3 is 37.0 Å². The Labute approximate surface area is 349 Å². The van der Waals surface area contributed by atoms with Crippen LogP contribution >= 0.6 is 11.3 Å². The molecule has 2 aliphatic heterocycles. The summed E-state index contributed by atoms with van der Waals surface area (Å²) in [5.74, 6) is -3.23. The molecular weight excluding hydrogens is 781 g/mol. The van der Waals surface area contributed by atoms with Crippen LogP contribution in [0, 0.1) is 17.3 Å². The number of carboxylic acids is 1. The molecule has 320 valence electrons. The number of thiazole rings is 1. The fourth-order valence-corrected chi connectivity index (χ4v) is 10.1. The first-order valence-electron chi connectivity index (χ1n) is 20.3. The molecule has 2 saturated heterocycles. The highest BCUT2D eigenvalue weighted by Crippen LogP contribution is 2.66. The quantitative estimate of drug-likeness (QED) is 0.123. The van der Waals surface area contributed by atoms with Crippen LogP contribution in [-0.4, -0.2) is 113 Å². The monoisotopic (exact) mass is 837 g/mol. The lowest BCUT2D eigenvalue weighted by molar-refractivity contribution is -0.199. The molecule has 5 fully saturated rings. The van der Waals surface area contributed by atoms with Crippen LogP contribution in [-0.2, 0) is 41.3 Å². The number of para-hydroxylation sites is 1. The normalized spacial score (nSPS) is 24.5. The number of ketones is 1. The molecule has 5 aliphatic rings. The Balaban J connectivity index is 1.28. The number of carbonyl (C=O) groups is 6. The average Bonchev–Trinajstić information content (AvgIpc) is 3.79. The van der Waals surface area contributed by atoms with E-state index in [9.17, 15) is 33.9 Å². The number of Topliss-reactive ketones (excluding diaryl/α,β-unsaturated/α-hetero) is 1. The number of alkyl carbamates (subject to hydrolysis) is 1. The minimum atomic E-state index is -1.33. The standard InChI is InChI=1S/C41H56BN5O11S/c1-9-46-16-17-47(35(50)34(46)49)37(53)45-32(27-22-59-31(44-27)14-11-15-43-38(54)56-39(2,3)4)28(48)21-25(18-23-12-10-13-26(36(51)52)33(23)55-8)42-57-30-20-24-19-29(40(24,5)6)41(30,7)58-42/h10,12-13,22,24-25,29-30,32H,9,11,14-21H2,1-8H3,(H,43,54)(H,45,53)(H,51,52)/t24-,25+,29-,30+,32?,41-/m0/s1. The number of piperazine rings is 1. The van der Waals surface area contributed by atoms with E-state index in [4.69, 9.17) is 23.8 Å². The number of aromatic carboxylic acids is 1. The van der Waals surface area contributed by atoms with E-state index in [1.165, 1.54) is 29.4 Å². The highest BCUT2D eigenvalue weighted by atomic mass is 32.1. The van der Waals surface area contributed by atoms with Crippen molar-refractivity contribution < 1.29 is 52.7 Å². The number of hydrogen-bond donors (Lipinski definition) is 3. The maximum atomic E-state index is 14.8. The summed E-state index contributed by atoms with van der Waals surface area (Å²) < 4.78 is 24.5. The zero-order valence-electron chi connectivity index (χ0n) is 35.1. The minimum Gasteiger partial charge on any atom is -0.496 e. The Morgan fingerprint density at radius 3 is 2.53 bits per heavy atom. The van der Waals surface area contributed by atoms with Gasteiger partial charge in [0.15, 0.2) is 5.78 Å². The number of aryl methyl sites for hydroxylation is 1. The number of urea groups is 1. The summed E-state index contributed by atoms with van der Waals surface area (Å²) in [6.45, 7) is 14.4. The number of amides is 5. The van der Waals surface area contributed by atoms with Gasteiger partial charge in [0, 0.05) is 50.2 Å². The molecule has 1 aromatic heterocycles. The first-order valence-corrected chi connectivity index (χ1v) is 21.2. The molecule has 0 radical (unpaired) electrons. The second-order valence-electron chi connectivity index (χ2n) is 17.7. The van der Waals surface area contributed by atoms with Gasteiger partial charge in [0.25, 0.3) is 0 Å². The van der Waals surface area contributed by atoms with Gasteiger partial charge in [-0.1, -0.05) is 26.0 Å². The van der Waals surface area contributed by atoms with E-state index in [1.54, 1.807) is 45.2 Å². The predicted octanol–water partition coefficient (Wildman–Crippen LogP) is 5.05. The molecule has 18 heteroatoms. The number of methoxy groups -OCH3 is 1. The number of rotatable bonds is 15. The van der Waals surface area contributed by atoms with Gasteiger partial charge in [-0.3, -0.25) is 19.3 Å². The predicted molar refractivity (Wildman–Crippen MR) is 217 cm³/mol. The van der Waals surface area contributed by atoms with Gasteiger partial charge in [-0.2, -0.15) is 0 Å². The Hall–Kier alpha value is -4.55. The maximum absolute atomic E-state index is 14.8. The first-order chi connectivity index (χ1) is 27.8. The summed E-state index contributed by atoms with van der Waals surface area (Å²) in [6, 6.07) is 2.57. The number of ether oxygens (including phenoxy) is 2. The summed E-state index contributed by atoms with van der Waals surface area (Å²) in [5.41, 5.74) is -0.445. The van der Waals surface area contributed by atoms with Crippen molar-refractivity contribution in [2.24, 2.45) is 17.3 Å². The summed E-state index contributed by atoms with van der Waals surface area (Å²) in [5, 5.41) is 17.7. The smallest absolute Gasteiger partial charge is 0.461 e. The molecule has 2 bridgehead atoms. The van der Waals surface area contributed by atoms with Gasteiger partial charge in [-0.25, -0.2) is 19.4 Å². The number of carbonyl (C=O) groups excluding carboxylic acids is 5. The average molecular weight is 838 g/mol. The molecule has 3 aliphatic carbocycles. The minimum absolute atomic E-state index is 0.0321. The lowest BCUT2D eigenvalue weighted by Gasteiger charge is -2.64. The zero-order chi connectivity index (χ0) is 43.0. The van der Waals surface area contributed by atoms with Crippen molar-refractivity contribution >= 4 is 54.1 Å². The molecule has 6 atom stereocenters. The van der Waals surface area contributed by atoms with Gasteiger partial charge < -0.3 is 39.4 Å². The highest BCUT2D eigenvalue weighted by molar-refractivity contribution is 7.09. The molecule has 3 saturated carbocycles. The van der Waals surface area contributed by atoms with E-state index in [2.05, 4.69) is 31.4 Å². The van der Waals surface area contributed by atoms with Crippen LogP contribution < -0.4 is 15.4 Å². The molecule has 0 spiro atoms. The molecule has 3 heterocycles. The van der Waals surface area contributed by atoms with Crippen LogP contribution in [0.4, 0.5) is 9.59 Å². The molecular formula is C41H56BN5O11S. The second kappa shape index (κ2) is 17.2. The molecule has 2 aromatic rings. The van der Waals surface area contributed by atoms with Crippen molar-refractivity contribution in [2.45, 2.75) is 116 Å². The van der Waals surface area contributed by atoms with Gasteiger partial charge in [0.2, 0.25) is 0 Å². The Bertz CT molecular complexity index is 1970. The molecule has 1 aromatic carbocycles. The zero-order valence-corrected chi connectivity index (χ0v) is 35.9. The number of benzene rings is 1. The molecule has 16 nitrogen and oxygen atoms in total. The van der Waals surface area contributed by atoms with Crippen molar-refractivity contribution in [2.75, 3.05) is 33.3 Å². The number of nitrogens with one attached hydrogen (secondary N) is 2. The summed E-state index contributed by atoms with van der Waals surface area (Å²) in [4.78, 5) is 85.7. The van der Waals surface area contributed by atoms with Crippen molar-refractivity contribution in [1.29, 1.82) is 0 Å². The number of carboxylic acid groups (broad SMARTS) is 1. The maximum Gasteiger partial charge on any atom is 0.461 e. The van der Waals surface area contributed by atoms with Crippen LogP contribution in [0.3, 0.4) is 0 Å². The third-order valence-electron chi connectivity index (χ3n) is 12.5. The first kappa shape index (κ1) is 44.0. The molecule has 59 heavy (non-hydrogen) atoms. The van der Waals surface area contributed by atoms with Crippen molar-refractivity contribution in [3.63, 3.8) is 0 Å². The number of nitrogens with zero attached hydrogens (tertiary/aromatic N) is 3. The number of hydrogen-bond acceptors (Lipinski definition) is 12. The third-order valence-corrected chi connectivity index (χ3v) is 13.4. The third kappa shape index (κ3) is 9.14. The number of imide groups is 1. The lowest BCUT2D eigenvalue weighted by atomic mass is 9.43. The van der Waals surface area contributed by atoms with Gasteiger partial charge in [0.05, 0.1) is 29.5 Å².